The van der Waals surface area contributed by atoms with E-state index in [0.717, 1.165) is 0 Å². The van der Waals surface area contributed by atoms with Crippen molar-refractivity contribution in [2.45, 2.75) is 19.5 Å². The Hall–Kier alpha value is -2.84. The minimum absolute atomic E-state index is 0.0754. The second kappa shape index (κ2) is 10.5. The molecule has 1 aliphatic rings. The summed E-state index contributed by atoms with van der Waals surface area (Å²) in [5, 5.41) is 2.74. The molecule has 1 fully saturated rings. The number of amides is 2. The Morgan fingerprint density at radius 3 is 2.45 bits per heavy atom. The summed E-state index contributed by atoms with van der Waals surface area (Å²) < 4.78 is 27.1. The molecule has 2 aromatic carbocycles. The summed E-state index contributed by atoms with van der Waals surface area (Å²) in [6, 6.07) is 11.9. The number of benzene rings is 2. The molecule has 1 aliphatic heterocycles. The van der Waals surface area contributed by atoms with E-state index in [0.29, 0.717) is 37.4 Å². The van der Waals surface area contributed by atoms with E-state index in [2.05, 4.69) is 5.32 Å². The average molecular weight is 430 g/mol. The van der Waals surface area contributed by atoms with Crippen LogP contribution in [0.4, 0.5) is 14.5 Å². The predicted octanol–water partition coefficient (Wildman–Crippen LogP) is 2.57. The molecular formula is C23H28F2N4O2. The normalized spacial score (nSPS) is 16.0. The minimum atomic E-state index is -0.399. The first kappa shape index (κ1) is 22.8. The molecule has 0 aliphatic carbocycles. The fraction of sp³-hybridized carbons (Fsp3) is 0.391. The van der Waals surface area contributed by atoms with E-state index in [1.54, 1.807) is 37.4 Å². The summed E-state index contributed by atoms with van der Waals surface area (Å²) in [5.74, 6) is -0.988. The highest BCUT2D eigenvalue weighted by Gasteiger charge is 2.27. The highest BCUT2D eigenvalue weighted by Crippen LogP contribution is 2.13. The number of anilines is 1. The molecule has 1 atom stereocenters. The number of piperazine rings is 1. The third-order valence-electron chi connectivity index (χ3n) is 5.58. The Bertz CT molecular complexity index is 916. The van der Waals surface area contributed by atoms with Gasteiger partial charge in [-0.15, -0.1) is 0 Å². The van der Waals surface area contributed by atoms with Crippen molar-refractivity contribution in [2.75, 3.05) is 45.1 Å². The van der Waals surface area contributed by atoms with Crippen LogP contribution >= 0.6 is 0 Å². The van der Waals surface area contributed by atoms with Gasteiger partial charge in [0.15, 0.2) is 0 Å². The number of rotatable bonds is 7. The van der Waals surface area contributed by atoms with Gasteiger partial charge in [0.25, 0.3) is 0 Å². The van der Waals surface area contributed by atoms with Crippen molar-refractivity contribution in [2.24, 2.45) is 0 Å². The topological polar surface area (TPSA) is 55.9 Å². The van der Waals surface area contributed by atoms with Crippen molar-refractivity contribution in [1.29, 1.82) is 0 Å². The number of carbonyl (C=O) groups is 2. The molecule has 0 spiro atoms. The molecule has 2 aromatic rings. The van der Waals surface area contributed by atoms with Gasteiger partial charge < -0.3 is 10.2 Å². The first-order valence-corrected chi connectivity index (χ1v) is 10.3. The first-order chi connectivity index (χ1) is 14.8. The summed E-state index contributed by atoms with van der Waals surface area (Å²) >= 11 is 0. The number of carbonyl (C=O) groups excluding carboxylic acids is 2. The molecule has 1 heterocycles. The maximum Gasteiger partial charge on any atom is 0.241 e. The number of nitrogens with one attached hydrogen (secondary N) is 1. The van der Waals surface area contributed by atoms with E-state index >= 15 is 0 Å². The van der Waals surface area contributed by atoms with Gasteiger partial charge in [-0.25, -0.2) is 8.78 Å². The van der Waals surface area contributed by atoms with Crippen LogP contribution in [0.25, 0.3) is 0 Å². The molecule has 31 heavy (non-hydrogen) atoms. The van der Waals surface area contributed by atoms with Gasteiger partial charge in [0.05, 0.1) is 12.6 Å². The number of hydrogen-bond acceptors (Lipinski definition) is 4. The molecule has 3 rings (SSSR count). The van der Waals surface area contributed by atoms with Crippen LogP contribution in [-0.4, -0.2) is 72.3 Å². The van der Waals surface area contributed by atoms with Gasteiger partial charge in [0.2, 0.25) is 11.8 Å². The zero-order chi connectivity index (χ0) is 22.4. The minimum Gasteiger partial charge on any atom is -0.340 e. The molecular weight excluding hydrogens is 402 g/mol. The monoisotopic (exact) mass is 430 g/mol. The molecule has 8 heteroatoms. The highest BCUT2D eigenvalue weighted by molar-refractivity contribution is 5.94. The Labute approximate surface area is 181 Å². The van der Waals surface area contributed by atoms with Gasteiger partial charge >= 0.3 is 0 Å². The Morgan fingerprint density at radius 2 is 1.77 bits per heavy atom. The van der Waals surface area contributed by atoms with E-state index in [1.807, 2.05) is 16.7 Å². The molecule has 1 unspecified atom stereocenters. The van der Waals surface area contributed by atoms with E-state index in [4.69, 9.17) is 0 Å². The smallest absolute Gasteiger partial charge is 0.241 e. The quantitative estimate of drug-likeness (QED) is 0.734. The summed E-state index contributed by atoms with van der Waals surface area (Å²) in [4.78, 5) is 30.6. The zero-order valence-corrected chi connectivity index (χ0v) is 17.9. The number of nitrogens with zero attached hydrogens (tertiary/aromatic N) is 3. The first-order valence-electron chi connectivity index (χ1n) is 10.3. The summed E-state index contributed by atoms with van der Waals surface area (Å²) in [7, 11) is 1.67. The van der Waals surface area contributed by atoms with Crippen LogP contribution in [0.5, 0.6) is 0 Å². The summed E-state index contributed by atoms with van der Waals surface area (Å²) in [6.07, 6.45) is 0. The van der Waals surface area contributed by atoms with Gasteiger partial charge in [-0.05, 0) is 31.2 Å². The molecule has 0 bridgehead atoms. The molecule has 0 aromatic heterocycles. The maximum absolute atomic E-state index is 13.8. The van der Waals surface area contributed by atoms with Crippen molar-refractivity contribution < 1.29 is 18.4 Å². The Morgan fingerprint density at radius 1 is 1.06 bits per heavy atom. The molecule has 2 amide bonds. The van der Waals surface area contributed by atoms with Gasteiger partial charge in [0.1, 0.15) is 11.6 Å². The van der Waals surface area contributed by atoms with Gasteiger partial charge in [-0.2, -0.15) is 0 Å². The Balaban J connectivity index is 1.44. The Kier molecular flexibility index (Phi) is 7.70. The number of likely N-dealkylation sites (N-methyl/N-ethyl adjacent to an activating group) is 1. The fourth-order valence-electron chi connectivity index (χ4n) is 3.57. The average Bonchev–Trinajstić information content (AvgIpc) is 2.75. The van der Waals surface area contributed by atoms with Crippen LogP contribution < -0.4 is 5.32 Å². The van der Waals surface area contributed by atoms with Crippen molar-refractivity contribution >= 4 is 17.5 Å². The van der Waals surface area contributed by atoms with Crippen LogP contribution in [0, 0.1) is 11.6 Å². The van der Waals surface area contributed by atoms with Crippen LogP contribution in [0.2, 0.25) is 0 Å². The third kappa shape index (κ3) is 6.32. The van der Waals surface area contributed by atoms with Crippen LogP contribution in [0.3, 0.4) is 0 Å². The van der Waals surface area contributed by atoms with Gasteiger partial charge in [0, 0.05) is 51.0 Å². The largest absolute Gasteiger partial charge is 0.340 e. The fourth-order valence-corrected chi connectivity index (χ4v) is 3.57. The molecule has 0 saturated carbocycles. The lowest BCUT2D eigenvalue weighted by atomic mass is 10.2. The van der Waals surface area contributed by atoms with Gasteiger partial charge in [-0.1, -0.05) is 24.3 Å². The maximum atomic E-state index is 13.8. The van der Waals surface area contributed by atoms with E-state index < -0.39 is 5.82 Å². The number of halogens is 2. The van der Waals surface area contributed by atoms with E-state index in [1.165, 1.54) is 23.1 Å². The second-order valence-corrected chi connectivity index (χ2v) is 7.83. The van der Waals surface area contributed by atoms with Crippen LogP contribution in [0.1, 0.15) is 12.5 Å². The molecule has 6 nitrogen and oxygen atoms in total. The lowest BCUT2D eigenvalue weighted by Gasteiger charge is -2.37. The number of hydrogen-bond donors (Lipinski definition) is 1. The lowest BCUT2D eigenvalue weighted by molar-refractivity contribution is -0.132. The molecule has 1 N–H and O–H groups in total. The van der Waals surface area contributed by atoms with Crippen LogP contribution in [0.15, 0.2) is 48.5 Å². The van der Waals surface area contributed by atoms with Crippen LogP contribution in [-0.2, 0) is 16.1 Å². The SMILES string of the molecule is CC(C(=O)Nc1cccc(F)c1)N1CCN(CC(=O)N(C)Cc2ccccc2F)CC1. The highest BCUT2D eigenvalue weighted by atomic mass is 19.1. The second-order valence-electron chi connectivity index (χ2n) is 7.83. The third-order valence-corrected chi connectivity index (χ3v) is 5.58. The summed E-state index contributed by atoms with van der Waals surface area (Å²) in [6.45, 7) is 4.88. The molecule has 166 valence electrons. The lowest BCUT2D eigenvalue weighted by Crippen LogP contribution is -2.54. The van der Waals surface area contributed by atoms with E-state index in [-0.39, 0.29) is 36.8 Å². The summed E-state index contributed by atoms with van der Waals surface area (Å²) in [5.41, 5.74) is 0.917. The zero-order valence-electron chi connectivity index (χ0n) is 17.9. The molecule has 0 radical (unpaired) electrons. The van der Waals surface area contributed by atoms with Crippen molar-refractivity contribution in [3.05, 3.63) is 65.7 Å². The molecule has 1 saturated heterocycles. The predicted molar refractivity (Wildman–Crippen MR) is 115 cm³/mol. The van der Waals surface area contributed by atoms with Crippen molar-refractivity contribution in [3.63, 3.8) is 0 Å². The standard InChI is InChI=1S/C23H28F2N4O2/c1-17(23(31)26-20-8-5-7-19(24)14-20)29-12-10-28(11-13-29)16-22(30)27(2)15-18-6-3-4-9-21(18)25/h3-9,14,17H,10-13,15-16H2,1-2H3,(H,26,31). The van der Waals surface area contributed by atoms with Gasteiger partial charge in [-0.3, -0.25) is 19.4 Å². The van der Waals surface area contributed by atoms with E-state index in [9.17, 15) is 18.4 Å². The van der Waals surface area contributed by atoms with Crippen molar-refractivity contribution in [3.8, 4) is 0 Å². The van der Waals surface area contributed by atoms with Crippen molar-refractivity contribution in [1.82, 2.24) is 14.7 Å².